The molecule has 0 bridgehead atoms. The fourth-order valence-corrected chi connectivity index (χ4v) is 3.26. The molecular weight excluding hydrogens is 302 g/mol. The molecule has 128 valence electrons. The summed E-state index contributed by atoms with van der Waals surface area (Å²) in [5.74, 6) is 0. The van der Waals surface area contributed by atoms with Gasteiger partial charge in [-0.2, -0.15) is 0 Å². The minimum atomic E-state index is 1.12. The summed E-state index contributed by atoms with van der Waals surface area (Å²) in [6.07, 6.45) is 4.60. The number of anilines is 3. The Hall–Kier alpha value is -2.54. The summed E-state index contributed by atoms with van der Waals surface area (Å²) in [5.41, 5.74) is 6.42. The molecule has 0 saturated heterocycles. The molecule has 1 nitrogen and oxygen atoms in total. The molecule has 0 unspecified atom stereocenters. The van der Waals surface area contributed by atoms with Crippen molar-refractivity contribution in [1.82, 2.24) is 0 Å². The molecule has 3 rings (SSSR count). The van der Waals surface area contributed by atoms with Crippen molar-refractivity contribution in [3.63, 3.8) is 0 Å². The summed E-state index contributed by atoms with van der Waals surface area (Å²) in [4.78, 5) is 2.34. The number of rotatable bonds is 7. The van der Waals surface area contributed by atoms with Crippen molar-refractivity contribution in [1.29, 1.82) is 0 Å². The van der Waals surface area contributed by atoms with Gasteiger partial charge in [-0.1, -0.05) is 69.2 Å². The number of nitrogens with zero attached hydrogens (tertiary/aromatic N) is 1. The minimum absolute atomic E-state index is 1.12. The van der Waals surface area contributed by atoms with Crippen molar-refractivity contribution in [2.24, 2.45) is 0 Å². The van der Waals surface area contributed by atoms with Crippen molar-refractivity contribution in [2.75, 3.05) is 4.90 Å². The van der Waals surface area contributed by atoms with E-state index in [0.29, 0.717) is 0 Å². The molecule has 0 fully saturated rings. The van der Waals surface area contributed by atoms with Gasteiger partial charge < -0.3 is 4.90 Å². The Morgan fingerprint density at radius 2 is 1.16 bits per heavy atom. The van der Waals surface area contributed by atoms with Crippen LogP contribution in [0.1, 0.15) is 37.8 Å². The molecule has 0 spiro atoms. The summed E-state index contributed by atoms with van der Waals surface area (Å²) in [7, 11) is 0. The molecule has 0 aliphatic carbocycles. The van der Waals surface area contributed by atoms with Crippen molar-refractivity contribution in [3.8, 4) is 0 Å². The number of para-hydroxylation sites is 1. The monoisotopic (exact) mass is 329 g/mol. The first-order chi connectivity index (χ1) is 12.3. The van der Waals surface area contributed by atoms with Crippen LogP contribution >= 0.6 is 0 Å². The molecule has 0 N–H and O–H groups in total. The van der Waals surface area contributed by atoms with Crippen molar-refractivity contribution in [2.45, 2.75) is 39.5 Å². The minimum Gasteiger partial charge on any atom is -0.310 e. The average molecular weight is 329 g/mol. The van der Waals surface area contributed by atoms with Crippen LogP contribution in [-0.4, -0.2) is 0 Å². The zero-order valence-corrected chi connectivity index (χ0v) is 15.3. The van der Waals surface area contributed by atoms with Gasteiger partial charge in [0.05, 0.1) is 0 Å². The molecule has 0 aliphatic heterocycles. The molecule has 0 heterocycles. The van der Waals surface area contributed by atoms with Crippen LogP contribution in [0.2, 0.25) is 0 Å². The van der Waals surface area contributed by atoms with Crippen LogP contribution in [-0.2, 0) is 12.8 Å². The molecular formula is C24H27N. The lowest BCUT2D eigenvalue weighted by molar-refractivity contribution is 0.920. The van der Waals surface area contributed by atoms with Crippen LogP contribution in [0.15, 0.2) is 78.9 Å². The van der Waals surface area contributed by atoms with Crippen LogP contribution in [0.25, 0.3) is 0 Å². The largest absolute Gasteiger partial charge is 0.310 e. The third-order valence-corrected chi connectivity index (χ3v) is 4.46. The van der Waals surface area contributed by atoms with Gasteiger partial charge in [0.15, 0.2) is 0 Å². The van der Waals surface area contributed by atoms with Crippen LogP contribution in [0.4, 0.5) is 17.1 Å². The zero-order valence-electron chi connectivity index (χ0n) is 15.3. The number of aryl methyl sites for hydroxylation is 2. The number of benzene rings is 3. The van der Waals surface area contributed by atoms with E-state index in [4.69, 9.17) is 0 Å². The molecule has 0 radical (unpaired) electrons. The third-order valence-electron chi connectivity index (χ3n) is 4.46. The Kier molecular flexibility index (Phi) is 5.90. The van der Waals surface area contributed by atoms with E-state index in [1.54, 1.807) is 0 Å². The molecule has 1 heteroatoms. The smallest absolute Gasteiger partial charge is 0.0464 e. The highest BCUT2D eigenvalue weighted by atomic mass is 15.1. The Labute approximate surface area is 151 Å². The second-order valence-electron chi connectivity index (χ2n) is 6.51. The van der Waals surface area contributed by atoms with Crippen molar-refractivity contribution >= 4 is 17.1 Å². The first kappa shape index (κ1) is 17.3. The fraction of sp³-hybridized carbons (Fsp3) is 0.250. The molecule has 3 aromatic rings. The number of hydrogen-bond acceptors (Lipinski definition) is 1. The summed E-state index contributed by atoms with van der Waals surface area (Å²) in [6.45, 7) is 4.46. The molecule has 3 aromatic carbocycles. The van der Waals surface area contributed by atoms with Gasteiger partial charge in [-0.05, 0) is 60.4 Å². The van der Waals surface area contributed by atoms with E-state index in [9.17, 15) is 0 Å². The van der Waals surface area contributed by atoms with Crippen molar-refractivity contribution < 1.29 is 0 Å². The second kappa shape index (κ2) is 8.53. The van der Waals surface area contributed by atoms with E-state index in [1.807, 2.05) is 0 Å². The van der Waals surface area contributed by atoms with E-state index in [-0.39, 0.29) is 0 Å². The van der Waals surface area contributed by atoms with Gasteiger partial charge in [0.2, 0.25) is 0 Å². The van der Waals surface area contributed by atoms with Gasteiger partial charge in [0.25, 0.3) is 0 Å². The summed E-state index contributed by atoms with van der Waals surface area (Å²) in [5, 5.41) is 0. The highest BCUT2D eigenvalue weighted by Crippen LogP contribution is 2.34. The molecule has 0 amide bonds. The SMILES string of the molecule is CCCc1ccc(N(c2ccccc2)c2cccc(CCC)c2)cc1. The zero-order chi connectivity index (χ0) is 17.5. The van der Waals surface area contributed by atoms with Crippen LogP contribution < -0.4 is 4.90 Å². The highest BCUT2D eigenvalue weighted by Gasteiger charge is 2.12. The van der Waals surface area contributed by atoms with Crippen LogP contribution in [0.3, 0.4) is 0 Å². The van der Waals surface area contributed by atoms with Gasteiger partial charge in [0, 0.05) is 17.1 Å². The molecule has 0 saturated carbocycles. The molecule has 25 heavy (non-hydrogen) atoms. The van der Waals surface area contributed by atoms with Crippen LogP contribution in [0.5, 0.6) is 0 Å². The second-order valence-corrected chi connectivity index (χ2v) is 6.51. The summed E-state index contributed by atoms with van der Waals surface area (Å²) < 4.78 is 0. The van der Waals surface area contributed by atoms with Crippen molar-refractivity contribution in [3.05, 3.63) is 90.0 Å². The fourth-order valence-electron chi connectivity index (χ4n) is 3.26. The Bertz CT molecular complexity index is 775. The molecule has 0 aliphatic rings. The van der Waals surface area contributed by atoms with Gasteiger partial charge in [-0.3, -0.25) is 0 Å². The topological polar surface area (TPSA) is 3.24 Å². The Morgan fingerprint density at radius 1 is 0.560 bits per heavy atom. The first-order valence-electron chi connectivity index (χ1n) is 9.35. The first-order valence-corrected chi connectivity index (χ1v) is 9.35. The Morgan fingerprint density at radius 3 is 1.84 bits per heavy atom. The summed E-state index contributed by atoms with van der Waals surface area (Å²) >= 11 is 0. The normalized spacial score (nSPS) is 10.6. The van der Waals surface area contributed by atoms with Gasteiger partial charge in [-0.25, -0.2) is 0 Å². The lowest BCUT2D eigenvalue weighted by Gasteiger charge is -2.26. The maximum absolute atomic E-state index is 2.34. The van der Waals surface area contributed by atoms with Gasteiger partial charge in [-0.15, -0.1) is 0 Å². The van der Waals surface area contributed by atoms with Crippen LogP contribution in [0, 0.1) is 0 Å². The quantitative estimate of drug-likeness (QED) is 0.448. The third kappa shape index (κ3) is 4.30. The Balaban J connectivity index is 2.02. The highest BCUT2D eigenvalue weighted by molar-refractivity contribution is 5.76. The van der Waals surface area contributed by atoms with Gasteiger partial charge >= 0.3 is 0 Å². The van der Waals surface area contributed by atoms with E-state index in [2.05, 4.69) is 97.6 Å². The van der Waals surface area contributed by atoms with E-state index in [0.717, 1.165) is 12.8 Å². The summed E-state index contributed by atoms with van der Waals surface area (Å²) in [6, 6.07) is 28.5. The molecule has 0 atom stereocenters. The lowest BCUT2D eigenvalue weighted by atomic mass is 10.1. The van der Waals surface area contributed by atoms with E-state index in [1.165, 1.54) is 41.0 Å². The maximum atomic E-state index is 2.34. The standard InChI is InChI=1S/C24H27N/c1-3-9-20-15-17-23(18-16-20)25(22-12-6-5-7-13-22)24-14-8-11-21(19-24)10-4-2/h5-8,11-19H,3-4,9-10H2,1-2H3. The predicted molar refractivity (Wildman–Crippen MR) is 109 cm³/mol. The maximum Gasteiger partial charge on any atom is 0.0464 e. The van der Waals surface area contributed by atoms with E-state index >= 15 is 0 Å². The molecule has 0 aromatic heterocycles. The lowest BCUT2D eigenvalue weighted by Crippen LogP contribution is -2.10. The predicted octanol–water partition coefficient (Wildman–Crippen LogP) is 7.06. The average Bonchev–Trinajstić information content (AvgIpc) is 2.65. The van der Waals surface area contributed by atoms with E-state index < -0.39 is 0 Å². The van der Waals surface area contributed by atoms with Gasteiger partial charge in [0.1, 0.15) is 0 Å². The number of hydrogen-bond donors (Lipinski definition) is 0.